The molecule has 3 heterocycles. The molecule has 51 heavy (non-hydrogen) atoms. The average molecular weight is 726 g/mol. The van der Waals surface area contributed by atoms with Crippen molar-refractivity contribution in [1.82, 2.24) is 25.2 Å². The number of benzene rings is 1. The highest BCUT2D eigenvalue weighted by Crippen LogP contribution is 2.46. The van der Waals surface area contributed by atoms with Gasteiger partial charge in [0.2, 0.25) is 27.7 Å². The minimum Gasteiger partial charge on any atom is -0.492 e. The summed E-state index contributed by atoms with van der Waals surface area (Å²) in [6.45, 7) is 6.22. The van der Waals surface area contributed by atoms with E-state index in [1.807, 2.05) is 50.3 Å². The van der Waals surface area contributed by atoms with Crippen molar-refractivity contribution in [3.63, 3.8) is 0 Å². The lowest BCUT2D eigenvalue weighted by Gasteiger charge is -2.33. The topological polar surface area (TPSA) is 193 Å². The Balaban J connectivity index is 1.35. The molecule has 2 aromatic rings. The number of nitrogens with zero attached hydrogens (tertiary/aromatic N) is 2. The van der Waals surface area contributed by atoms with Gasteiger partial charge in [-0.1, -0.05) is 50.6 Å². The van der Waals surface area contributed by atoms with Gasteiger partial charge in [0, 0.05) is 23.1 Å². The lowest BCUT2D eigenvalue weighted by atomic mass is 9.85. The number of hydrogen-bond acceptors (Lipinski definition) is 9. The predicted molar refractivity (Wildman–Crippen MR) is 187 cm³/mol. The van der Waals surface area contributed by atoms with Gasteiger partial charge >= 0.3 is 6.09 Å². The fourth-order valence-corrected chi connectivity index (χ4v) is 8.88. The van der Waals surface area contributed by atoms with Crippen LogP contribution in [0.5, 0.6) is 11.6 Å². The van der Waals surface area contributed by atoms with E-state index >= 15 is 0 Å². The SMILES string of the molecule is CCOc1cnc(O[C@@H]2C[C@H]3C(=O)NC4(C(=O)NS(=O)(=O)C5CC5)CC4/C=C\CC[C@@H](C)C[C@@H](CC)[C@H](NC(=O)O)C(=O)N3C2)c2ccccc12. The summed E-state index contributed by atoms with van der Waals surface area (Å²) in [5.74, 6) is -1.83. The summed E-state index contributed by atoms with van der Waals surface area (Å²) in [4.78, 5) is 60.4. The summed E-state index contributed by atoms with van der Waals surface area (Å²) in [5, 5.41) is 15.9. The average Bonchev–Trinajstić information content (AvgIpc) is 4.02. The molecule has 14 nitrogen and oxygen atoms in total. The van der Waals surface area contributed by atoms with Crippen LogP contribution in [0.4, 0.5) is 4.79 Å². The molecule has 2 saturated carbocycles. The fourth-order valence-electron chi connectivity index (χ4n) is 7.51. The Kier molecular flexibility index (Phi) is 10.5. The molecule has 1 aromatic carbocycles. The zero-order valence-corrected chi connectivity index (χ0v) is 30.0. The lowest BCUT2D eigenvalue weighted by Crippen LogP contribution is -2.59. The Bertz CT molecular complexity index is 1810. The van der Waals surface area contributed by atoms with Gasteiger partial charge in [-0.05, 0) is 63.4 Å². The zero-order valence-electron chi connectivity index (χ0n) is 29.2. The van der Waals surface area contributed by atoms with E-state index in [9.17, 15) is 32.7 Å². The highest BCUT2D eigenvalue weighted by Gasteiger charge is 2.62. The van der Waals surface area contributed by atoms with Gasteiger partial charge in [-0.3, -0.25) is 19.1 Å². The molecule has 0 spiro atoms. The van der Waals surface area contributed by atoms with Gasteiger partial charge in [-0.2, -0.15) is 0 Å². The summed E-state index contributed by atoms with van der Waals surface area (Å²) in [7, 11) is -3.90. The number of amides is 4. The molecule has 3 fully saturated rings. The van der Waals surface area contributed by atoms with Gasteiger partial charge in [-0.25, -0.2) is 18.2 Å². The van der Waals surface area contributed by atoms with Gasteiger partial charge in [0.1, 0.15) is 29.5 Å². The van der Waals surface area contributed by atoms with Crippen LogP contribution in [0.3, 0.4) is 0 Å². The van der Waals surface area contributed by atoms with Gasteiger partial charge in [0.25, 0.3) is 5.91 Å². The van der Waals surface area contributed by atoms with Crippen molar-refractivity contribution in [3.05, 3.63) is 42.6 Å². The molecule has 0 bridgehead atoms. The van der Waals surface area contributed by atoms with Crippen molar-refractivity contribution < 1.29 is 42.2 Å². The van der Waals surface area contributed by atoms with Crippen LogP contribution in [0.1, 0.15) is 72.1 Å². The molecule has 1 saturated heterocycles. The molecule has 0 radical (unpaired) electrons. The number of rotatable bonds is 9. The zero-order chi connectivity index (χ0) is 36.5. The Morgan fingerprint density at radius 3 is 2.55 bits per heavy atom. The predicted octanol–water partition coefficient (Wildman–Crippen LogP) is 3.50. The molecular weight excluding hydrogens is 678 g/mol. The quantitative estimate of drug-likeness (QED) is 0.278. The minimum atomic E-state index is -3.90. The van der Waals surface area contributed by atoms with Gasteiger partial charge in [-0.15, -0.1) is 0 Å². The monoisotopic (exact) mass is 725 g/mol. The highest BCUT2D eigenvalue weighted by molar-refractivity contribution is 7.91. The first-order chi connectivity index (χ1) is 24.4. The Hall–Kier alpha value is -4.40. The number of hydrogen-bond donors (Lipinski definition) is 4. The number of carbonyl (C=O) groups excluding carboxylic acids is 3. The van der Waals surface area contributed by atoms with Crippen LogP contribution < -0.4 is 24.8 Å². The third-order valence-electron chi connectivity index (χ3n) is 10.6. The first-order valence-corrected chi connectivity index (χ1v) is 19.4. The third-order valence-corrected chi connectivity index (χ3v) is 12.4. The second-order valence-electron chi connectivity index (χ2n) is 14.3. The molecule has 4 amide bonds. The van der Waals surface area contributed by atoms with E-state index in [-0.39, 0.29) is 37.1 Å². The maximum Gasteiger partial charge on any atom is 0.405 e. The van der Waals surface area contributed by atoms with Crippen LogP contribution in [0, 0.1) is 17.8 Å². The van der Waals surface area contributed by atoms with Crippen LogP contribution >= 0.6 is 0 Å². The molecule has 4 N–H and O–H groups in total. The summed E-state index contributed by atoms with van der Waals surface area (Å²) < 4.78 is 40.0. The Morgan fingerprint density at radius 2 is 1.86 bits per heavy atom. The van der Waals surface area contributed by atoms with Crippen molar-refractivity contribution in [2.45, 2.75) is 101 Å². The molecule has 2 aliphatic carbocycles. The maximum absolute atomic E-state index is 14.5. The summed E-state index contributed by atoms with van der Waals surface area (Å²) in [6, 6.07) is 5.14. The highest BCUT2D eigenvalue weighted by atomic mass is 32.2. The largest absolute Gasteiger partial charge is 0.492 e. The van der Waals surface area contributed by atoms with E-state index in [0.717, 1.165) is 11.8 Å². The number of aromatic nitrogens is 1. The van der Waals surface area contributed by atoms with E-state index in [1.165, 1.54) is 4.90 Å². The minimum absolute atomic E-state index is 0.0202. The normalized spacial score (nSPS) is 30.5. The van der Waals surface area contributed by atoms with Gasteiger partial charge in [0.15, 0.2) is 0 Å². The number of fused-ring (bicyclic) bond motifs is 3. The van der Waals surface area contributed by atoms with Crippen LogP contribution in [-0.4, -0.2) is 89.4 Å². The first-order valence-electron chi connectivity index (χ1n) is 17.9. The van der Waals surface area contributed by atoms with Crippen molar-refractivity contribution >= 4 is 44.6 Å². The molecule has 6 rings (SSSR count). The summed E-state index contributed by atoms with van der Waals surface area (Å²) >= 11 is 0. The number of carbonyl (C=O) groups is 4. The molecule has 7 atom stereocenters. The second kappa shape index (κ2) is 14.7. The van der Waals surface area contributed by atoms with Crippen molar-refractivity contribution in [1.29, 1.82) is 0 Å². The van der Waals surface area contributed by atoms with E-state index in [0.29, 0.717) is 49.8 Å². The van der Waals surface area contributed by atoms with Gasteiger partial charge in [0.05, 0.1) is 24.6 Å². The Labute approximate surface area is 297 Å². The standard InChI is InChI=1S/C36H47N5O9S/c1-4-22-16-21(3)10-6-7-11-23-18-36(23,34(44)40-51(47,48)25-14-15-25)39-31(42)28-17-24(20-41(28)33(43)30(22)38-35(45)46)50-32-27-13-9-8-12-26(27)29(19-37-32)49-5-2/h7-9,11-13,19,21-25,28,30,38H,4-6,10,14-18,20H2,1-3H3,(H,39,42)(H,40,44)(H,45,46)/b11-7-/t21-,22-,23?,24-,28+,30+,36?/m1/s1. The van der Waals surface area contributed by atoms with Crippen LogP contribution in [0.25, 0.3) is 10.8 Å². The summed E-state index contributed by atoms with van der Waals surface area (Å²) in [5.41, 5.74) is -1.52. The fraction of sp³-hybridized carbons (Fsp3) is 0.583. The molecule has 4 aliphatic rings. The van der Waals surface area contributed by atoms with E-state index < -0.39 is 68.7 Å². The molecule has 1 aromatic heterocycles. The van der Waals surface area contributed by atoms with Gasteiger partial charge < -0.3 is 30.1 Å². The number of allylic oxidation sites excluding steroid dienone is 1. The number of nitrogens with one attached hydrogen (secondary N) is 3. The maximum atomic E-state index is 14.5. The van der Waals surface area contributed by atoms with E-state index in [4.69, 9.17) is 9.47 Å². The number of ether oxygens (including phenoxy) is 2. The molecule has 2 aliphatic heterocycles. The second-order valence-corrected chi connectivity index (χ2v) is 16.2. The number of carboxylic acid groups (broad SMARTS) is 1. The molecule has 15 heteroatoms. The molecular formula is C36H47N5O9S. The van der Waals surface area contributed by atoms with Crippen molar-refractivity contribution in [3.8, 4) is 11.6 Å². The number of pyridine rings is 1. The smallest absolute Gasteiger partial charge is 0.405 e. The van der Waals surface area contributed by atoms with Crippen LogP contribution in [0.2, 0.25) is 0 Å². The Morgan fingerprint density at radius 1 is 1.12 bits per heavy atom. The van der Waals surface area contributed by atoms with Crippen molar-refractivity contribution in [2.24, 2.45) is 17.8 Å². The van der Waals surface area contributed by atoms with Crippen LogP contribution in [0.15, 0.2) is 42.6 Å². The lowest BCUT2D eigenvalue weighted by molar-refractivity contribution is -0.142. The van der Waals surface area contributed by atoms with Crippen LogP contribution in [-0.2, 0) is 24.4 Å². The molecule has 2 unspecified atom stereocenters. The molecule has 276 valence electrons. The van der Waals surface area contributed by atoms with E-state index in [2.05, 4.69) is 27.3 Å². The summed E-state index contributed by atoms with van der Waals surface area (Å²) in [6.07, 6.45) is 6.92. The third kappa shape index (κ3) is 7.77. The van der Waals surface area contributed by atoms with Crippen molar-refractivity contribution in [2.75, 3.05) is 13.2 Å². The number of sulfonamides is 1. The van der Waals surface area contributed by atoms with E-state index in [1.54, 1.807) is 6.20 Å². The first kappa shape index (κ1) is 36.4.